The number of ether oxygens (including phenoxy) is 3. The zero-order chi connectivity index (χ0) is 22.1. The molecule has 0 aliphatic carbocycles. The third-order valence-electron chi connectivity index (χ3n) is 5.02. The van der Waals surface area contributed by atoms with Gasteiger partial charge in [-0.1, -0.05) is 11.3 Å². The Labute approximate surface area is 184 Å². The number of methoxy groups -OCH3 is 3. The van der Waals surface area contributed by atoms with E-state index in [4.69, 9.17) is 18.6 Å². The third-order valence-corrected chi connectivity index (χ3v) is 5.47. The molecular weight excluding hydrogens is 418 g/mol. The van der Waals surface area contributed by atoms with Crippen LogP contribution >= 0.6 is 12.6 Å². The monoisotopic (exact) mass is 439 g/mol. The van der Waals surface area contributed by atoms with Gasteiger partial charge >= 0.3 is 0 Å². The minimum atomic E-state index is -0.839. The Morgan fingerprint density at radius 3 is 2.42 bits per heavy atom. The standard InChI is InChI=1S/C22H21N3O5S/c1-25-15-6-5-12(9-14(15)23-24-25)21(29-4)20(26)17-8-7-16(30-17)13-10-18(27-2)22(31)19(11-13)28-3/h5-11,21,31H,1-4H3. The van der Waals surface area contributed by atoms with Crippen LogP contribution in [0, 0.1) is 0 Å². The summed E-state index contributed by atoms with van der Waals surface area (Å²) in [7, 11) is 6.38. The maximum atomic E-state index is 13.1. The number of Topliss-reactive ketones (excluding diaryl/α,β-unsaturated/α-hetero) is 1. The number of ketones is 1. The molecule has 31 heavy (non-hydrogen) atoms. The molecule has 2 heterocycles. The zero-order valence-electron chi connectivity index (χ0n) is 17.4. The second-order valence-corrected chi connectivity index (χ2v) is 7.28. The van der Waals surface area contributed by atoms with Crippen molar-refractivity contribution in [2.45, 2.75) is 11.0 Å². The number of carbonyl (C=O) groups is 1. The van der Waals surface area contributed by atoms with Crippen molar-refractivity contribution >= 4 is 29.4 Å². The molecule has 4 rings (SSSR count). The molecule has 1 atom stereocenters. The van der Waals surface area contributed by atoms with Crippen molar-refractivity contribution in [1.82, 2.24) is 15.0 Å². The highest BCUT2D eigenvalue weighted by Crippen LogP contribution is 2.38. The molecule has 2 aromatic heterocycles. The number of furan rings is 1. The van der Waals surface area contributed by atoms with Crippen molar-refractivity contribution in [3.63, 3.8) is 0 Å². The Morgan fingerprint density at radius 2 is 1.77 bits per heavy atom. The van der Waals surface area contributed by atoms with Crippen LogP contribution in [0.4, 0.5) is 0 Å². The van der Waals surface area contributed by atoms with Crippen LogP contribution < -0.4 is 9.47 Å². The highest BCUT2D eigenvalue weighted by Gasteiger charge is 2.26. The van der Waals surface area contributed by atoms with Crippen LogP contribution in [-0.4, -0.2) is 42.1 Å². The van der Waals surface area contributed by atoms with Crippen LogP contribution in [0.15, 0.2) is 51.8 Å². The van der Waals surface area contributed by atoms with Crippen molar-refractivity contribution in [1.29, 1.82) is 0 Å². The van der Waals surface area contributed by atoms with Gasteiger partial charge in [-0.15, -0.1) is 17.7 Å². The number of fused-ring (bicyclic) bond motifs is 1. The number of nitrogens with zero attached hydrogens (tertiary/aromatic N) is 3. The average Bonchev–Trinajstić information content (AvgIpc) is 3.42. The summed E-state index contributed by atoms with van der Waals surface area (Å²) in [4.78, 5) is 13.7. The van der Waals surface area contributed by atoms with E-state index in [1.54, 1.807) is 49.2 Å². The molecule has 0 saturated carbocycles. The van der Waals surface area contributed by atoms with Gasteiger partial charge < -0.3 is 18.6 Å². The number of thiol groups is 1. The molecule has 0 saturated heterocycles. The quantitative estimate of drug-likeness (QED) is 0.342. The normalized spacial score (nSPS) is 12.2. The van der Waals surface area contributed by atoms with Gasteiger partial charge in [-0.3, -0.25) is 4.79 Å². The molecule has 0 bridgehead atoms. The summed E-state index contributed by atoms with van der Waals surface area (Å²) in [5, 5.41) is 8.10. The molecule has 0 aliphatic rings. The summed E-state index contributed by atoms with van der Waals surface area (Å²) >= 11 is 4.41. The molecule has 0 amide bonds. The summed E-state index contributed by atoms with van der Waals surface area (Å²) in [6.07, 6.45) is -0.839. The molecule has 2 aromatic carbocycles. The first-order chi connectivity index (χ1) is 15.0. The largest absolute Gasteiger partial charge is 0.495 e. The number of carbonyl (C=O) groups excluding carboxylic acids is 1. The van der Waals surface area contributed by atoms with Crippen LogP contribution in [0.3, 0.4) is 0 Å². The zero-order valence-corrected chi connectivity index (χ0v) is 18.3. The molecule has 4 aromatic rings. The lowest BCUT2D eigenvalue weighted by atomic mass is 10.0. The van der Waals surface area contributed by atoms with E-state index in [1.165, 1.54) is 7.11 Å². The van der Waals surface area contributed by atoms with E-state index in [1.807, 2.05) is 19.2 Å². The van der Waals surface area contributed by atoms with Gasteiger partial charge in [0.15, 0.2) is 5.76 Å². The predicted molar refractivity (Wildman–Crippen MR) is 117 cm³/mol. The lowest BCUT2D eigenvalue weighted by Gasteiger charge is -2.13. The minimum absolute atomic E-state index is 0.175. The Morgan fingerprint density at radius 1 is 1.06 bits per heavy atom. The van der Waals surface area contributed by atoms with Crippen molar-refractivity contribution < 1.29 is 23.4 Å². The number of aromatic nitrogens is 3. The molecule has 0 fully saturated rings. The lowest BCUT2D eigenvalue weighted by molar-refractivity contribution is 0.0577. The number of rotatable bonds is 7. The first kappa shape index (κ1) is 21.0. The highest BCUT2D eigenvalue weighted by molar-refractivity contribution is 7.80. The van der Waals surface area contributed by atoms with E-state index in [0.29, 0.717) is 38.8 Å². The molecule has 160 valence electrons. The van der Waals surface area contributed by atoms with E-state index >= 15 is 0 Å². The highest BCUT2D eigenvalue weighted by atomic mass is 32.1. The molecule has 0 N–H and O–H groups in total. The smallest absolute Gasteiger partial charge is 0.231 e. The summed E-state index contributed by atoms with van der Waals surface area (Å²) in [5.74, 6) is 1.44. The van der Waals surface area contributed by atoms with Crippen molar-refractivity contribution in [3.8, 4) is 22.8 Å². The Bertz CT molecular complexity index is 1240. The summed E-state index contributed by atoms with van der Waals surface area (Å²) in [6.45, 7) is 0. The minimum Gasteiger partial charge on any atom is -0.495 e. The summed E-state index contributed by atoms with van der Waals surface area (Å²) in [6, 6.07) is 12.4. The molecular formula is C22H21N3O5S. The van der Waals surface area contributed by atoms with Gasteiger partial charge in [-0.25, -0.2) is 4.68 Å². The van der Waals surface area contributed by atoms with Crippen LogP contribution in [0.2, 0.25) is 0 Å². The van der Waals surface area contributed by atoms with Gasteiger partial charge in [0.2, 0.25) is 5.78 Å². The Balaban J connectivity index is 1.66. The van der Waals surface area contributed by atoms with Gasteiger partial charge in [0.25, 0.3) is 0 Å². The first-order valence-corrected chi connectivity index (χ1v) is 9.83. The maximum Gasteiger partial charge on any atom is 0.231 e. The van der Waals surface area contributed by atoms with Gasteiger partial charge in [0.05, 0.1) is 24.6 Å². The predicted octanol–water partition coefficient (Wildman–Crippen LogP) is 4.10. The van der Waals surface area contributed by atoms with Crippen LogP contribution in [0.5, 0.6) is 11.5 Å². The third kappa shape index (κ3) is 3.77. The Kier molecular flexibility index (Phi) is 5.71. The van der Waals surface area contributed by atoms with Crippen molar-refractivity contribution in [3.05, 3.63) is 53.8 Å². The van der Waals surface area contributed by atoms with Gasteiger partial charge in [-0.05, 0) is 42.0 Å². The topological polar surface area (TPSA) is 88.6 Å². The summed E-state index contributed by atoms with van der Waals surface area (Å²) in [5.41, 5.74) is 2.91. The van der Waals surface area contributed by atoms with E-state index in [0.717, 1.165) is 5.52 Å². The Hall–Kier alpha value is -3.30. The van der Waals surface area contributed by atoms with Crippen molar-refractivity contribution in [2.75, 3.05) is 21.3 Å². The molecule has 0 aliphatic heterocycles. The summed E-state index contributed by atoms with van der Waals surface area (Å²) < 4.78 is 23.7. The fraction of sp³-hybridized carbons (Fsp3) is 0.227. The van der Waals surface area contributed by atoms with Crippen LogP contribution in [0.25, 0.3) is 22.4 Å². The number of hydrogen-bond donors (Lipinski definition) is 1. The van der Waals surface area contributed by atoms with Crippen LogP contribution in [-0.2, 0) is 11.8 Å². The number of hydrogen-bond acceptors (Lipinski definition) is 8. The first-order valence-electron chi connectivity index (χ1n) is 9.38. The second kappa shape index (κ2) is 8.44. The molecule has 1 unspecified atom stereocenters. The van der Waals surface area contributed by atoms with E-state index in [2.05, 4.69) is 22.9 Å². The lowest BCUT2D eigenvalue weighted by Crippen LogP contribution is -2.14. The SMILES string of the molecule is COc1cc(-c2ccc(C(=O)C(OC)c3ccc4c(c3)nnn4C)o2)cc(OC)c1S. The molecule has 8 nitrogen and oxygen atoms in total. The van der Waals surface area contributed by atoms with Gasteiger partial charge in [-0.2, -0.15) is 0 Å². The average molecular weight is 439 g/mol. The fourth-order valence-corrected chi connectivity index (χ4v) is 3.72. The number of aryl methyl sites for hydroxylation is 1. The van der Waals surface area contributed by atoms with E-state index in [-0.39, 0.29) is 11.5 Å². The van der Waals surface area contributed by atoms with Gasteiger partial charge in [0, 0.05) is 19.7 Å². The maximum absolute atomic E-state index is 13.1. The molecule has 9 heteroatoms. The van der Waals surface area contributed by atoms with Crippen molar-refractivity contribution in [2.24, 2.45) is 7.05 Å². The second-order valence-electron chi connectivity index (χ2n) is 6.83. The van der Waals surface area contributed by atoms with Crippen LogP contribution in [0.1, 0.15) is 22.2 Å². The number of benzene rings is 2. The van der Waals surface area contributed by atoms with E-state index in [9.17, 15) is 4.79 Å². The van der Waals surface area contributed by atoms with E-state index < -0.39 is 6.10 Å². The molecule has 0 radical (unpaired) electrons. The fourth-order valence-electron chi connectivity index (χ4n) is 3.41. The molecule has 0 spiro atoms. The van der Waals surface area contributed by atoms with Gasteiger partial charge in [0.1, 0.15) is 28.9 Å².